The second-order valence-electron chi connectivity index (χ2n) is 7.57. The molecule has 2 N–H and O–H groups in total. The van der Waals surface area contributed by atoms with Crippen LogP contribution in [0.5, 0.6) is 11.5 Å². The Balaban J connectivity index is 1.47. The van der Waals surface area contributed by atoms with E-state index in [1.165, 1.54) is 25.7 Å². The van der Waals surface area contributed by atoms with Crippen LogP contribution in [-0.2, 0) is 0 Å². The van der Waals surface area contributed by atoms with Crippen LogP contribution in [0.25, 0.3) is 10.9 Å². The molecule has 30 heavy (non-hydrogen) atoms. The summed E-state index contributed by atoms with van der Waals surface area (Å²) >= 11 is 0. The van der Waals surface area contributed by atoms with Crippen molar-refractivity contribution >= 4 is 28.4 Å². The van der Waals surface area contributed by atoms with Crippen LogP contribution in [0, 0.1) is 0 Å². The fourth-order valence-electron chi connectivity index (χ4n) is 3.90. The lowest BCUT2D eigenvalue weighted by Gasteiger charge is -2.17. The maximum atomic E-state index is 6.07. The molecule has 1 aliphatic carbocycles. The molecule has 0 aliphatic heterocycles. The van der Waals surface area contributed by atoms with Crippen molar-refractivity contribution in [2.75, 3.05) is 10.6 Å². The Hall–Kier alpha value is -3.60. The van der Waals surface area contributed by atoms with Gasteiger partial charge in [0.15, 0.2) is 5.75 Å². The van der Waals surface area contributed by atoms with Gasteiger partial charge < -0.3 is 15.4 Å². The standard InChI is InChI=1S/C25H24N4O/c1-2-12-19(13-3-1)30-23-17-9-8-16-22(23)28-25-27-21-15-7-6-14-20(21)24(29-25)26-18-10-4-5-11-18/h1-3,6-9,12-18H,4-5,10-11H2,(H2,26,27,28,29). The lowest BCUT2D eigenvalue weighted by atomic mass is 10.2. The van der Waals surface area contributed by atoms with E-state index < -0.39 is 0 Å². The number of nitrogens with one attached hydrogen (secondary N) is 2. The van der Waals surface area contributed by atoms with Gasteiger partial charge in [-0.1, -0.05) is 55.3 Å². The molecular formula is C25H24N4O. The van der Waals surface area contributed by atoms with Crippen LogP contribution in [0.2, 0.25) is 0 Å². The first kappa shape index (κ1) is 18.4. The third-order valence-electron chi connectivity index (χ3n) is 5.40. The highest BCUT2D eigenvalue weighted by Gasteiger charge is 2.17. The number of fused-ring (bicyclic) bond motifs is 1. The molecule has 0 unspecified atom stereocenters. The van der Waals surface area contributed by atoms with Crippen LogP contribution >= 0.6 is 0 Å². The Kier molecular flexibility index (Phi) is 5.17. The number of aromatic nitrogens is 2. The number of hydrogen-bond acceptors (Lipinski definition) is 5. The van der Waals surface area contributed by atoms with E-state index >= 15 is 0 Å². The van der Waals surface area contributed by atoms with Gasteiger partial charge in [-0.25, -0.2) is 4.98 Å². The van der Waals surface area contributed by atoms with E-state index in [2.05, 4.69) is 16.7 Å². The average Bonchev–Trinajstić information content (AvgIpc) is 3.29. The fourth-order valence-corrected chi connectivity index (χ4v) is 3.90. The normalized spacial score (nSPS) is 14.0. The van der Waals surface area contributed by atoms with Crippen molar-refractivity contribution in [2.24, 2.45) is 0 Å². The fraction of sp³-hybridized carbons (Fsp3) is 0.200. The van der Waals surface area contributed by atoms with Crippen LogP contribution in [0.1, 0.15) is 25.7 Å². The Morgan fingerprint density at radius 3 is 2.37 bits per heavy atom. The highest BCUT2D eigenvalue weighted by molar-refractivity contribution is 5.90. The number of anilines is 3. The molecule has 0 amide bonds. The molecule has 5 rings (SSSR count). The zero-order chi connectivity index (χ0) is 20.2. The lowest BCUT2D eigenvalue weighted by Crippen LogP contribution is -2.16. The SMILES string of the molecule is c1ccc(Oc2ccccc2Nc2nc(NC3CCCC3)c3ccccc3n2)cc1. The van der Waals surface area contributed by atoms with Gasteiger partial charge in [-0.05, 0) is 49.2 Å². The highest BCUT2D eigenvalue weighted by atomic mass is 16.5. The highest BCUT2D eigenvalue weighted by Crippen LogP contribution is 2.32. The van der Waals surface area contributed by atoms with Crippen molar-refractivity contribution in [3.8, 4) is 11.5 Å². The molecule has 0 bridgehead atoms. The lowest BCUT2D eigenvalue weighted by molar-refractivity contribution is 0.485. The van der Waals surface area contributed by atoms with E-state index in [1.54, 1.807) is 0 Å². The summed E-state index contributed by atoms with van der Waals surface area (Å²) in [5.74, 6) is 2.95. The van der Waals surface area contributed by atoms with E-state index in [9.17, 15) is 0 Å². The van der Waals surface area contributed by atoms with E-state index in [-0.39, 0.29) is 0 Å². The number of rotatable bonds is 6. The van der Waals surface area contributed by atoms with Crippen molar-refractivity contribution in [1.82, 2.24) is 9.97 Å². The first-order valence-electron chi connectivity index (χ1n) is 10.5. The minimum Gasteiger partial charge on any atom is -0.455 e. The van der Waals surface area contributed by atoms with Gasteiger partial charge in [0.05, 0.1) is 11.2 Å². The van der Waals surface area contributed by atoms with Gasteiger partial charge in [-0.2, -0.15) is 4.98 Å². The molecule has 0 saturated heterocycles. The Bertz CT molecular complexity index is 1140. The van der Waals surface area contributed by atoms with Crippen LogP contribution in [0.3, 0.4) is 0 Å². The van der Waals surface area contributed by atoms with Crippen LogP contribution < -0.4 is 15.4 Å². The van der Waals surface area contributed by atoms with Gasteiger partial charge in [0.25, 0.3) is 0 Å². The first-order chi connectivity index (χ1) is 14.8. The Labute approximate surface area is 176 Å². The van der Waals surface area contributed by atoms with E-state index in [4.69, 9.17) is 14.7 Å². The quantitative estimate of drug-likeness (QED) is 0.388. The molecule has 1 saturated carbocycles. The smallest absolute Gasteiger partial charge is 0.229 e. The molecule has 0 spiro atoms. The van der Waals surface area contributed by atoms with Crippen molar-refractivity contribution in [1.29, 1.82) is 0 Å². The summed E-state index contributed by atoms with van der Waals surface area (Å²) in [6.45, 7) is 0. The van der Waals surface area contributed by atoms with Crippen molar-refractivity contribution < 1.29 is 4.74 Å². The maximum Gasteiger partial charge on any atom is 0.229 e. The molecule has 3 aromatic carbocycles. The number of para-hydroxylation sites is 4. The summed E-state index contributed by atoms with van der Waals surface area (Å²) < 4.78 is 6.07. The zero-order valence-corrected chi connectivity index (χ0v) is 16.7. The molecule has 150 valence electrons. The van der Waals surface area contributed by atoms with Gasteiger partial charge >= 0.3 is 0 Å². The van der Waals surface area contributed by atoms with Gasteiger partial charge in [0.1, 0.15) is 11.6 Å². The van der Waals surface area contributed by atoms with E-state index in [1.807, 2.05) is 72.8 Å². The van der Waals surface area contributed by atoms with Crippen LogP contribution in [0.15, 0.2) is 78.9 Å². The molecule has 1 fully saturated rings. The van der Waals surface area contributed by atoms with E-state index in [0.717, 1.165) is 33.9 Å². The number of nitrogens with zero attached hydrogens (tertiary/aromatic N) is 2. The van der Waals surface area contributed by atoms with Gasteiger partial charge in [-0.3, -0.25) is 0 Å². The average molecular weight is 396 g/mol. The number of benzene rings is 3. The molecule has 0 radical (unpaired) electrons. The van der Waals surface area contributed by atoms with Gasteiger partial charge in [-0.15, -0.1) is 0 Å². The Morgan fingerprint density at radius 2 is 1.50 bits per heavy atom. The molecule has 1 heterocycles. The van der Waals surface area contributed by atoms with Crippen molar-refractivity contribution in [2.45, 2.75) is 31.7 Å². The topological polar surface area (TPSA) is 59.1 Å². The predicted octanol–water partition coefficient (Wildman–Crippen LogP) is 6.52. The summed E-state index contributed by atoms with van der Waals surface area (Å²) in [7, 11) is 0. The predicted molar refractivity (Wildman–Crippen MR) is 122 cm³/mol. The third kappa shape index (κ3) is 4.06. The number of ether oxygens (including phenoxy) is 1. The van der Waals surface area contributed by atoms with Gasteiger partial charge in [0.2, 0.25) is 5.95 Å². The second-order valence-corrected chi connectivity index (χ2v) is 7.57. The van der Waals surface area contributed by atoms with Crippen LogP contribution in [0.4, 0.5) is 17.5 Å². The van der Waals surface area contributed by atoms with Crippen molar-refractivity contribution in [3.05, 3.63) is 78.9 Å². The minimum absolute atomic E-state index is 0.477. The summed E-state index contributed by atoms with van der Waals surface area (Å²) in [6.07, 6.45) is 4.93. The molecule has 1 aromatic heterocycles. The summed E-state index contributed by atoms with van der Waals surface area (Å²) in [4.78, 5) is 9.56. The summed E-state index contributed by atoms with van der Waals surface area (Å²) in [5.41, 5.74) is 1.74. The minimum atomic E-state index is 0.477. The summed E-state index contributed by atoms with van der Waals surface area (Å²) in [5, 5.41) is 8.05. The zero-order valence-electron chi connectivity index (χ0n) is 16.7. The second kappa shape index (κ2) is 8.41. The first-order valence-corrected chi connectivity index (χ1v) is 10.5. The van der Waals surface area contributed by atoms with Crippen LogP contribution in [-0.4, -0.2) is 16.0 Å². The maximum absolute atomic E-state index is 6.07. The third-order valence-corrected chi connectivity index (χ3v) is 5.40. The van der Waals surface area contributed by atoms with Gasteiger partial charge in [0, 0.05) is 11.4 Å². The van der Waals surface area contributed by atoms with E-state index in [0.29, 0.717) is 12.0 Å². The molecule has 5 heteroatoms. The number of hydrogen-bond donors (Lipinski definition) is 2. The molecule has 0 atom stereocenters. The van der Waals surface area contributed by atoms with Crippen molar-refractivity contribution in [3.63, 3.8) is 0 Å². The summed E-state index contributed by atoms with van der Waals surface area (Å²) in [6, 6.07) is 26.2. The molecule has 1 aliphatic rings. The largest absolute Gasteiger partial charge is 0.455 e. The molecular weight excluding hydrogens is 372 g/mol. The molecule has 4 aromatic rings. The monoisotopic (exact) mass is 396 g/mol. The Morgan fingerprint density at radius 1 is 0.767 bits per heavy atom. The molecule has 5 nitrogen and oxygen atoms in total.